The molecule has 1 saturated heterocycles. The van der Waals surface area contributed by atoms with Gasteiger partial charge in [-0.25, -0.2) is 4.98 Å². The highest BCUT2D eigenvalue weighted by atomic mass is 16.2. The highest BCUT2D eigenvalue weighted by molar-refractivity contribution is 5.92. The third kappa shape index (κ3) is 3.79. The molecular weight excluding hydrogens is 344 g/mol. The van der Waals surface area contributed by atoms with E-state index in [0.717, 1.165) is 18.4 Å². The van der Waals surface area contributed by atoms with Crippen LogP contribution in [-0.4, -0.2) is 48.6 Å². The van der Waals surface area contributed by atoms with Gasteiger partial charge >= 0.3 is 0 Å². The fraction of sp³-hybridized carbons (Fsp3) is 0.316. The number of H-pyrrole nitrogens is 1. The van der Waals surface area contributed by atoms with Gasteiger partial charge in [0, 0.05) is 49.9 Å². The van der Waals surface area contributed by atoms with Crippen molar-refractivity contribution in [2.45, 2.75) is 19.4 Å². The van der Waals surface area contributed by atoms with Gasteiger partial charge in [0.25, 0.3) is 11.5 Å². The molecule has 0 aliphatic carbocycles. The molecule has 4 rings (SSSR count). The van der Waals surface area contributed by atoms with Gasteiger partial charge in [-0.15, -0.1) is 0 Å². The second-order valence-electron chi connectivity index (χ2n) is 6.71. The van der Waals surface area contributed by atoms with Crippen molar-refractivity contribution in [1.82, 2.24) is 29.6 Å². The lowest BCUT2D eigenvalue weighted by molar-refractivity contribution is 0.0676. The highest BCUT2D eigenvalue weighted by Crippen LogP contribution is 2.20. The van der Waals surface area contributed by atoms with Crippen LogP contribution < -0.4 is 5.56 Å². The lowest BCUT2D eigenvalue weighted by atomic mass is 9.96. The number of amides is 1. The van der Waals surface area contributed by atoms with Crippen LogP contribution >= 0.6 is 0 Å². The van der Waals surface area contributed by atoms with E-state index in [2.05, 4.69) is 20.2 Å². The van der Waals surface area contributed by atoms with Crippen molar-refractivity contribution in [2.75, 3.05) is 13.1 Å². The monoisotopic (exact) mass is 364 g/mol. The number of pyridine rings is 1. The van der Waals surface area contributed by atoms with Crippen LogP contribution in [0.4, 0.5) is 0 Å². The molecule has 1 aliphatic heterocycles. The maximum absolute atomic E-state index is 12.4. The number of piperidine rings is 1. The molecule has 8 nitrogen and oxygen atoms in total. The molecule has 0 saturated carbocycles. The Morgan fingerprint density at radius 1 is 1.22 bits per heavy atom. The number of hydrogen-bond donors (Lipinski definition) is 1. The second kappa shape index (κ2) is 7.53. The van der Waals surface area contributed by atoms with Crippen LogP contribution in [0.3, 0.4) is 0 Å². The lowest BCUT2D eigenvalue weighted by Gasteiger charge is -2.31. The predicted octanol–water partition coefficient (Wildman–Crippen LogP) is 1.58. The zero-order valence-corrected chi connectivity index (χ0v) is 14.8. The molecule has 1 aliphatic rings. The molecule has 0 aromatic carbocycles. The van der Waals surface area contributed by atoms with Crippen LogP contribution in [-0.2, 0) is 6.54 Å². The summed E-state index contributed by atoms with van der Waals surface area (Å²) >= 11 is 0. The number of hydrogen-bond acceptors (Lipinski definition) is 5. The van der Waals surface area contributed by atoms with Crippen LogP contribution in [0.2, 0.25) is 0 Å². The smallest absolute Gasteiger partial charge is 0.271 e. The largest absolute Gasteiger partial charge is 0.337 e. The van der Waals surface area contributed by atoms with E-state index in [1.807, 2.05) is 17.0 Å². The third-order valence-electron chi connectivity index (χ3n) is 4.92. The molecule has 8 heteroatoms. The summed E-state index contributed by atoms with van der Waals surface area (Å²) in [6.07, 6.45) is 8.28. The zero-order chi connectivity index (χ0) is 18.6. The summed E-state index contributed by atoms with van der Waals surface area (Å²) in [5.74, 6) is 0.324. The first-order valence-electron chi connectivity index (χ1n) is 8.96. The van der Waals surface area contributed by atoms with Crippen LogP contribution in [0.1, 0.15) is 23.3 Å². The summed E-state index contributed by atoms with van der Waals surface area (Å²) in [4.78, 5) is 35.1. The maximum Gasteiger partial charge on any atom is 0.271 e. The molecule has 0 radical (unpaired) electrons. The van der Waals surface area contributed by atoms with Crippen molar-refractivity contribution < 1.29 is 4.79 Å². The van der Waals surface area contributed by atoms with E-state index in [0.29, 0.717) is 36.9 Å². The molecule has 1 fully saturated rings. The average molecular weight is 364 g/mol. The molecule has 0 atom stereocenters. The van der Waals surface area contributed by atoms with Gasteiger partial charge < -0.3 is 4.90 Å². The fourth-order valence-electron chi connectivity index (χ4n) is 3.38. The first kappa shape index (κ1) is 17.1. The van der Waals surface area contributed by atoms with Crippen LogP contribution in [0.15, 0.2) is 54.0 Å². The Kier molecular flexibility index (Phi) is 4.78. The van der Waals surface area contributed by atoms with E-state index in [-0.39, 0.29) is 11.5 Å². The number of carbonyl (C=O) groups excluding carboxylic acids is 1. The summed E-state index contributed by atoms with van der Waals surface area (Å²) in [6.45, 7) is 1.97. The Morgan fingerprint density at radius 2 is 2.07 bits per heavy atom. The number of aromatic nitrogens is 5. The highest BCUT2D eigenvalue weighted by Gasteiger charge is 2.24. The van der Waals surface area contributed by atoms with Gasteiger partial charge in [0.1, 0.15) is 5.69 Å². The molecule has 4 heterocycles. The van der Waals surface area contributed by atoms with Crippen molar-refractivity contribution in [3.63, 3.8) is 0 Å². The number of rotatable bonds is 4. The predicted molar refractivity (Wildman–Crippen MR) is 98.9 cm³/mol. The molecule has 3 aromatic rings. The minimum absolute atomic E-state index is 0.0226. The van der Waals surface area contributed by atoms with Gasteiger partial charge in [-0.2, -0.15) is 5.10 Å². The summed E-state index contributed by atoms with van der Waals surface area (Å²) in [6, 6.07) is 6.93. The number of aromatic amines is 1. The Morgan fingerprint density at radius 3 is 2.74 bits per heavy atom. The first-order valence-corrected chi connectivity index (χ1v) is 8.96. The number of nitrogens with one attached hydrogen (secondary N) is 1. The second-order valence-corrected chi connectivity index (χ2v) is 6.71. The Labute approximate surface area is 155 Å². The molecule has 3 aromatic heterocycles. The van der Waals surface area contributed by atoms with Gasteiger partial charge in [0.05, 0.1) is 12.0 Å². The van der Waals surface area contributed by atoms with Gasteiger partial charge in [-0.05, 0) is 37.0 Å². The third-order valence-corrected chi connectivity index (χ3v) is 4.92. The van der Waals surface area contributed by atoms with E-state index in [1.165, 1.54) is 0 Å². The molecule has 0 unspecified atom stereocenters. The lowest BCUT2D eigenvalue weighted by Crippen LogP contribution is -2.40. The van der Waals surface area contributed by atoms with Gasteiger partial charge in [0.2, 0.25) is 0 Å². The maximum atomic E-state index is 12.4. The van der Waals surface area contributed by atoms with E-state index >= 15 is 0 Å². The van der Waals surface area contributed by atoms with Crippen molar-refractivity contribution in [2.24, 2.45) is 5.92 Å². The quantitative estimate of drug-likeness (QED) is 0.758. The Balaban J connectivity index is 1.38. The SMILES string of the molecule is O=C(c1ccn[nH]1)N1CCC(Cn2cnc(-c3cccnc3)cc2=O)CC1. The van der Waals surface area contributed by atoms with Crippen LogP contribution in [0.25, 0.3) is 11.3 Å². The summed E-state index contributed by atoms with van der Waals surface area (Å²) < 4.78 is 1.65. The van der Waals surface area contributed by atoms with Crippen molar-refractivity contribution in [1.29, 1.82) is 0 Å². The number of likely N-dealkylation sites (tertiary alicyclic amines) is 1. The van der Waals surface area contributed by atoms with E-state index in [4.69, 9.17) is 0 Å². The van der Waals surface area contributed by atoms with Crippen molar-refractivity contribution in [3.8, 4) is 11.3 Å². The van der Waals surface area contributed by atoms with Crippen molar-refractivity contribution in [3.05, 3.63) is 65.2 Å². The van der Waals surface area contributed by atoms with Crippen LogP contribution in [0, 0.1) is 5.92 Å². The minimum Gasteiger partial charge on any atom is -0.337 e. The first-order chi connectivity index (χ1) is 13.2. The summed E-state index contributed by atoms with van der Waals surface area (Å²) in [5, 5.41) is 6.54. The zero-order valence-electron chi connectivity index (χ0n) is 14.8. The summed E-state index contributed by atoms with van der Waals surface area (Å²) in [5.41, 5.74) is 1.90. The van der Waals surface area contributed by atoms with Gasteiger partial charge in [-0.1, -0.05) is 0 Å². The van der Waals surface area contributed by atoms with Gasteiger partial charge in [-0.3, -0.25) is 24.2 Å². The minimum atomic E-state index is -0.0696. The van der Waals surface area contributed by atoms with Gasteiger partial charge in [0.15, 0.2) is 0 Å². The standard InChI is InChI=1S/C19H20N6O2/c26-18-10-17(15-2-1-6-20-11-15)21-13-25(18)12-14-4-8-24(9-5-14)19(27)16-3-7-22-23-16/h1-3,6-7,10-11,13-14H,4-5,8-9,12H2,(H,22,23). The Bertz CT molecular complexity index is 959. The average Bonchev–Trinajstić information content (AvgIpc) is 3.25. The Hall–Kier alpha value is -3.29. The fourth-order valence-corrected chi connectivity index (χ4v) is 3.38. The number of nitrogens with zero attached hydrogens (tertiary/aromatic N) is 5. The van der Waals surface area contributed by atoms with Crippen molar-refractivity contribution >= 4 is 5.91 Å². The van der Waals surface area contributed by atoms with E-state index in [1.54, 1.807) is 41.6 Å². The molecule has 1 amide bonds. The molecule has 27 heavy (non-hydrogen) atoms. The molecular formula is C19H20N6O2. The normalized spacial score (nSPS) is 15.0. The van der Waals surface area contributed by atoms with E-state index in [9.17, 15) is 9.59 Å². The topological polar surface area (TPSA) is 96.8 Å². The molecule has 138 valence electrons. The summed E-state index contributed by atoms with van der Waals surface area (Å²) in [7, 11) is 0. The van der Waals surface area contributed by atoms with E-state index < -0.39 is 0 Å². The molecule has 0 bridgehead atoms. The van der Waals surface area contributed by atoms with Crippen LogP contribution in [0.5, 0.6) is 0 Å². The number of carbonyl (C=O) groups is 1. The molecule has 0 spiro atoms. The molecule has 1 N–H and O–H groups in total.